The lowest BCUT2D eigenvalue weighted by Crippen LogP contribution is -2.10. The maximum absolute atomic E-state index is 13.5. The Hall–Kier alpha value is -3.82. The SMILES string of the molecule is O=c1ccn(-c2cc3ncc(C(O)=CO)nc3cc2[N+](=O)[O-])cc1F. The number of nitrogens with zero attached hydrogens (tertiary/aromatic N) is 4. The Morgan fingerprint density at radius 1 is 1.36 bits per heavy atom. The van der Waals surface area contributed by atoms with Crippen LogP contribution in [0.15, 0.2) is 47.8 Å². The zero-order valence-corrected chi connectivity index (χ0v) is 12.3. The van der Waals surface area contributed by atoms with E-state index in [0.717, 1.165) is 29.1 Å². The molecule has 3 rings (SSSR count). The van der Waals surface area contributed by atoms with Crippen molar-refractivity contribution in [1.82, 2.24) is 14.5 Å². The van der Waals surface area contributed by atoms with E-state index in [2.05, 4.69) is 9.97 Å². The first kappa shape index (κ1) is 16.1. The maximum Gasteiger partial charge on any atom is 0.295 e. The summed E-state index contributed by atoms with van der Waals surface area (Å²) in [5, 5.41) is 29.6. The Morgan fingerprint density at radius 2 is 2.12 bits per heavy atom. The first-order valence-electron chi connectivity index (χ1n) is 6.78. The van der Waals surface area contributed by atoms with E-state index in [1.165, 1.54) is 12.3 Å². The lowest BCUT2D eigenvalue weighted by atomic mass is 10.2. The molecule has 0 saturated heterocycles. The van der Waals surface area contributed by atoms with Gasteiger partial charge in [-0.05, 0) is 6.07 Å². The van der Waals surface area contributed by atoms with E-state index in [1.54, 1.807) is 0 Å². The molecule has 0 spiro atoms. The first-order valence-corrected chi connectivity index (χ1v) is 6.78. The van der Waals surface area contributed by atoms with Crippen LogP contribution in [-0.2, 0) is 0 Å². The van der Waals surface area contributed by atoms with Gasteiger partial charge < -0.3 is 14.8 Å². The molecule has 10 heteroatoms. The van der Waals surface area contributed by atoms with Crippen molar-refractivity contribution in [2.75, 3.05) is 0 Å². The summed E-state index contributed by atoms with van der Waals surface area (Å²) < 4.78 is 14.6. The van der Waals surface area contributed by atoms with Gasteiger partial charge in [0.05, 0.1) is 22.2 Å². The number of aromatic nitrogens is 3. The van der Waals surface area contributed by atoms with Gasteiger partial charge >= 0.3 is 0 Å². The summed E-state index contributed by atoms with van der Waals surface area (Å²) in [6.07, 6.45) is 3.61. The normalized spacial score (nSPS) is 11.6. The molecule has 3 aromatic rings. The molecule has 2 N–H and O–H groups in total. The van der Waals surface area contributed by atoms with Gasteiger partial charge in [0, 0.05) is 24.5 Å². The quantitative estimate of drug-likeness (QED) is 0.423. The average molecular weight is 344 g/mol. The van der Waals surface area contributed by atoms with Gasteiger partial charge in [-0.15, -0.1) is 0 Å². The Labute approximate surface area is 138 Å². The van der Waals surface area contributed by atoms with E-state index in [-0.39, 0.29) is 22.4 Å². The second-order valence-electron chi connectivity index (χ2n) is 4.92. The predicted octanol–water partition coefficient (Wildman–Crippen LogP) is 2.24. The van der Waals surface area contributed by atoms with Gasteiger partial charge in [0.2, 0.25) is 5.43 Å². The molecule has 0 aliphatic heterocycles. The van der Waals surface area contributed by atoms with Crippen molar-refractivity contribution in [3.05, 3.63) is 74.9 Å². The summed E-state index contributed by atoms with van der Waals surface area (Å²) in [7, 11) is 0. The summed E-state index contributed by atoms with van der Waals surface area (Å²) in [6.45, 7) is 0. The third-order valence-electron chi connectivity index (χ3n) is 3.37. The molecule has 9 nitrogen and oxygen atoms in total. The van der Waals surface area contributed by atoms with Crippen molar-refractivity contribution >= 4 is 22.5 Å². The predicted molar refractivity (Wildman–Crippen MR) is 85.0 cm³/mol. The molecule has 1 aromatic carbocycles. The van der Waals surface area contributed by atoms with Gasteiger partial charge in [-0.3, -0.25) is 19.9 Å². The standard InChI is InChI=1S/C15H9FN4O5/c16-8-6-19(2-1-14(8)22)12-3-9-10(4-13(12)20(24)25)18-11(5-17-9)15(23)7-21/h1-7,21,23H. The number of halogens is 1. The highest BCUT2D eigenvalue weighted by molar-refractivity contribution is 5.82. The molecule has 0 unspecified atom stereocenters. The molecule has 0 atom stereocenters. The topological polar surface area (TPSA) is 131 Å². The van der Waals surface area contributed by atoms with Crippen LogP contribution in [0.3, 0.4) is 0 Å². The van der Waals surface area contributed by atoms with E-state index < -0.39 is 27.6 Å². The van der Waals surface area contributed by atoms with Crippen molar-refractivity contribution in [1.29, 1.82) is 0 Å². The molecule has 2 heterocycles. The van der Waals surface area contributed by atoms with Crippen molar-refractivity contribution in [2.45, 2.75) is 0 Å². The van der Waals surface area contributed by atoms with Crippen LogP contribution < -0.4 is 5.43 Å². The largest absolute Gasteiger partial charge is 0.512 e. The highest BCUT2D eigenvalue weighted by Crippen LogP contribution is 2.27. The summed E-state index contributed by atoms with van der Waals surface area (Å²) in [5.74, 6) is -1.61. The van der Waals surface area contributed by atoms with Crippen molar-refractivity contribution < 1.29 is 19.5 Å². The minimum atomic E-state index is -1.06. The zero-order valence-electron chi connectivity index (χ0n) is 12.3. The van der Waals surface area contributed by atoms with Crippen LogP contribution in [0.25, 0.3) is 22.5 Å². The molecule has 0 aliphatic rings. The Morgan fingerprint density at radius 3 is 2.76 bits per heavy atom. The van der Waals surface area contributed by atoms with Crippen molar-refractivity contribution in [3.63, 3.8) is 0 Å². The van der Waals surface area contributed by atoms with Crippen LogP contribution in [0.5, 0.6) is 0 Å². The van der Waals surface area contributed by atoms with E-state index in [1.807, 2.05) is 0 Å². The number of aliphatic hydroxyl groups is 2. The first-order chi connectivity index (χ1) is 11.9. The number of nitro groups is 1. The van der Waals surface area contributed by atoms with Crippen LogP contribution >= 0.6 is 0 Å². The Bertz CT molecular complexity index is 1090. The Balaban J connectivity index is 2.28. The molecular formula is C15H9FN4O5. The van der Waals surface area contributed by atoms with E-state index in [4.69, 9.17) is 5.11 Å². The molecule has 25 heavy (non-hydrogen) atoms. The fraction of sp³-hybridized carbons (Fsp3) is 0. The Kier molecular flexibility index (Phi) is 3.85. The lowest BCUT2D eigenvalue weighted by molar-refractivity contribution is -0.384. The van der Waals surface area contributed by atoms with Crippen molar-refractivity contribution in [2.24, 2.45) is 0 Å². The molecule has 126 valence electrons. The lowest BCUT2D eigenvalue weighted by Gasteiger charge is -2.09. The van der Waals surface area contributed by atoms with Gasteiger partial charge in [0.15, 0.2) is 11.6 Å². The monoisotopic (exact) mass is 344 g/mol. The number of fused-ring (bicyclic) bond motifs is 1. The minimum absolute atomic E-state index is 0.0135. The molecular weight excluding hydrogens is 335 g/mol. The second kappa shape index (κ2) is 6.00. The fourth-order valence-corrected chi connectivity index (χ4v) is 2.19. The summed E-state index contributed by atoms with van der Waals surface area (Å²) in [4.78, 5) is 29.8. The number of hydrogen-bond donors (Lipinski definition) is 2. The van der Waals surface area contributed by atoms with Crippen LogP contribution in [0.4, 0.5) is 10.1 Å². The molecule has 0 fully saturated rings. The van der Waals surface area contributed by atoms with Gasteiger partial charge in [0.25, 0.3) is 5.69 Å². The van der Waals surface area contributed by atoms with Crippen LogP contribution in [0.2, 0.25) is 0 Å². The highest BCUT2D eigenvalue weighted by atomic mass is 19.1. The summed E-state index contributed by atoms with van der Waals surface area (Å²) >= 11 is 0. The van der Waals surface area contributed by atoms with Gasteiger partial charge in [0.1, 0.15) is 17.6 Å². The number of rotatable bonds is 3. The van der Waals surface area contributed by atoms with Crippen LogP contribution in [0, 0.1) is 15.9 Å². The maximum atomic E-state index is 13.5. The van der Waals surface area contributed by atoms with E-state index >= 15 is 0 Å². The van der Waals surface area contributed by atoms with E-state index in [9.17, 15) is 24.4 Å². The molecule has 0 amide bonds. The fourth-order valence-electron chi connectivity index (χ4n) is 2.19. The number of hydrogen-bond acceptors (Lipinski definition) is 7. The third-order valence-corrected chi connectivity index (χ3v) is 3.37. The van der Waals surface area contributed by atoms with Gasteiger partial charge in [-0.25, -0.2) is 9.37 Å². The summed E-state index contributed by atoms with van der Waals surface area (Å²) in [5.41, 5.74) is -1.02. The number of benzene rings is 1. The highest BCUT2D eigenvalue weighted by Gasteiger charge is 2.19. The number of nitro benzene ring substituents is 1. The smallest absolute Gasteiger partial charge is 0.295 e. The second-order valence-corrected chi connectivity index (χ2v) is 4.92. The molecule has 0 radical (unpaired) electrons. The molecule has 0 saturated carbocycles. The molecule has 2 aromatic heterocycles. The average Bonchev–Trinajstić information content (AvgIpc) is 2.61. The molecule has 0 aliphatic carbocycles. The minimum Gasteiger partial charge on any atom is -0.512 e. The van der Waals surface area contributed by atoms with Crippen LogP contribution in [0.1, 0.15) is 5.69 Å². The number of aliphatic hydroxyl groups excluding tert-OH is 2. The van der Waals surface area contributed by atoms with E-state index in [0.29, 0.717) is 6.26 Å². The summed E-state index contributed by atoms with van der Waals surface area (Å²) in [6, 6.07) is 3.35. The van der Waals surface area contributed by atoms with Gasteiger partial charge in [-0.1, -0.05) is 0 Å². The third kappa shape index (κ3) is 2.87. The molecule has 0 bridgehead atoms. The zero-order chi connectivity index (χ0) is 18.1. The number of pyridine rings is 1. The van der Waals surface area contributed by atoms with Crippen molar-refractivity contribution in [3.8, 4) is 5.69 Å². The van der Waals surface area contributed by atoms with Crippen LogP contribution in [-0.4, -0.2) is 29.7 Å². The van der Waals surface area contributed by atoms with Gasteiger partial charge in [-0.2, -0.15) is 0 Å².